The number of benzene rings is 1. The molecule has 0 bridgehead atoms. The van der Waals surface area contributed by atoms with Crippen molar-refractivity contribution in [3.05, 3.63) is 41.3 Å². The van der Waals surface area contributed by atoms with E-state index in [4.69, 9.17) is 4.42 Å². The van der Waals surface area contributed by atoms with Gasteiger partial charge in [0.15, 0.2) is 0 Å². The number of aromatic nitrogens is 1. The van der Waals surface area contributed by atoms with Crippen LogP contribution in [-0.4, -0.2) is 39.2 Å². The minimum atomic E-state index is -1.12. The average Bonchev–Trinajstić information content (AvgIpc) is 3.00. The van der Waals surface area contributed by atoms with Gasteiger partial charge in [-0.3, -0.25) is 14.9 Å². The minimum Gasteiger partial charge on any atom is -0.480 e. The van der Waals surface area contributed by atoms with Gasteiger partial charge < -0.3 is 14.6 Å². The highest BCUT2D eigenvalue weighted by Gasteiger charge is 2.27. The lowest BCUT2D eigenvalue weighted by Crippen LogP contribution is -2.48. The van der Waals surface area contributed by atoms with E-state index in [1.54, 1.807) is 0 Å². The Labute approximate surface area is 158 Å². The van der Waals surface area contributed by atoms with Crippen LogP contribution < -0.4 is 5.32 Å². The van der Waals surface area contributed by atoms with Crippen molar-refractivity contribution >= 4 is 11.9 Å². The van der Waals surface area contributed by atoms with Crippen LogP contribution in [0, 0.1) is 19.8 Å². The van der Waals surface area contributed by atoms with Gasteiger partial charge in [-0.15, -0.1) is 0 Å². The highest BCUT2D eigenvalue weighted by molar-refractivity contribution is 5.77. The summed E-state index contributed by atoms with van der Waals surface area (Å²) in [4.78, 5) is 27.4. The summed E-state index contributed by atoms with van der Waals surface area (Å²) in [5.41, 5.74) is 3.43. The summed E-state index contributed by atoms with van der Waals surface area (Å²) >= 11 is 0. The molecule has 1 unspecified atom stereocenters. The predicted molar refractivity (Wildman–Crippen MR) is 101 cm³/mol. The summed E-state index contributed by atoms with van der Waals surface area (Å²) in [5, 5.41) is 21.5. The Kier molecular flexibility index (Phi) is 6.74. The normalized spacial score (nSPS) is 13.5. The smallest absolute Gasteiger partial charge is 0.321 e. The van der Waals surface area contributed by atoms with Crippen molar-refractivity contribution in [1.82, 2.24) is 10.3 Å². The second kappa shape index (κ2) is 8.81. The van der Waals surface area contributed by atoms with Gasteiger partial charge in [0.2, 0.25) is 5.89 Å². The SMILES string of the molecule is Cc1cc(C)cc(-c2nc(C[C@H](NC(CC(C)C)C(=O)O)C(=O)O)co2)c1. The zero-order chi connectivity index (χ0) is 20.1. The van der Waals surface area contributed by atoms with Crippen LogP contribution in [0.1, 0.15) is 37.1 Å². The summed E-state index contributed by atoms with van der Waals surface area (Å²) in [6.07, 6.45) is 1.79. The van der Waals surface area contributed by atoms with E-state index in [0.717, 1.165) is 16.7 Å². The van der Waals surface area contributed by atoms with Gasteiger partial charge in [0.1, 0.15) is 18.3 Å². The number of oxazole rings is 1. The largest absolute Gasteiger partial charge is 0.480 e. The fraction of sp³-hybridized carbons (Fsp3) is 0.450. The van der Waals surface area contributed by atoms with Crippen molar-refractivity contribution in [3.63, 3.8) is 0 Å². The highest BCUT2D eigenvalue weighted by atomic mass is 16.4. The van der Waals surface area contributed by atoms with E-state index in [0.29, 0.717) is 18.0 Å². The quantitative estimate of drug-likeness (QED) is 0.618. The van der Waals surface area contributed by atoms with Crippen LogP contribution in [0.2, 0.25) is 0 Å². The van der Waals surface area contributed by atoms with Crippen LogP contribution in [0.15, 0.2) is 28.9 Å². The molecule has 2 atom stereocenters. The lowest BCUT2D eigenvalue weighted by molar-refractivity contribution is -0.142. The molecule has 0 amide bonds. The molecule has 0 aliphatic carbocycles. The van der Waals surface area contributed by atoms with E-state index < -0.39 is 24.0 Å². The van der Waals surface area contributed by atoms with Crippen LogP contribution in [0.5, 0.6) is 0 Å². The van der Waals surface area contributed by atoms with Crippen molar-refractivity contribution in [2.75, 3.05) is 0 Å². The molecule has 3 N–H and O–H groups in total. The van der Waals surface area contributed by atoms with Crippen LogP contribution in [0.3, 0.4) is 0 Å². The van der Waals surface area contributed by atoms with Crippen LogP contribution >= 0.6 is 0 Å². The molecule has 0 fully saturated rings. The van der Waals surface area contributed by atoms with E-state index >= 15 is 0 Å². The monoisotopic (exact) mass is 374 g/mol. The van der Waals surface area contributed by atoms with Gasteiger partial charge in [-0.1, -0.05) is 31.0 Å². The summed E-state index contributed by atoms with van der Waals surface area (Å²) in [5.74, 6) is -1.65. The Balaban J connectivity index is 2.16. The third-order valence-electron chi connectivity index (χ3n) is 4.14. The number of hydrogen-bond donors (Lipinski definition) is 3. The maximum Gasteiger partial charge on any atom is 0.321 e. The highest BCUT2D eigenvalue weighted by Crippen LogP contribution is 2.22. The zero-order valence-electron chi connectivity index (χ0n) is 16.0. The van der Waals surface area contributed by atoms with E-state index in [1.807, 2.05) is 45.9 Å². The number of carboxylic acids is 2. The van der Waals surface area contributed by atoms with E-state index in [1.165, 1.54) is 6.26 Å². The molecule has 2 aromatic rings. The number of rotatable bonds is 9. The maximum absolute atomic E-state index is 11.6. The van der Waals surface area contributed by atoms with Crippen molar-refractivity contribution in [2.24, 2.45) is 5.92 Å². The third-order valence-corrected chi connectivity index (χ3v) is 4.14. The molecule has 0 radical (unpaired) electrons. The van der Waals surface area contributed by atoms with E-state index in [-0.39, 0.29) is 12.3 Å². The van der Waals surface area contributed by atoms with Crippen LogP contribution in [-0.2, 0) is 16.0 Å². The topological polar surface area (TPSA) is 113 Å². The molecular formula is C20H26N2O5. The molecule has 0 saturated carbocycles. The molecule has 7 heteroatoms. The van der Waals surface area contributed by atoms with Gasteiger partial charge in [0.25, 0.3) is 0 Å². The first kappa shape index (κ1) is 20.6. The van der Waals surface area contributed by atoms with Crippen molar-refractivity contribution in [1.29, 1.82) is 0 Å². The Morgan fingerprint density at radius 2 is 1.67 bits per heavy atom. The molecule has 2 rings (SSSR count). The minimum absolute atomic E-state index is 0.0332. The fourth-order valence-corrected chi connectivity index (χ4v) is 3.01. The molecule has 7 nitrogen and oxygen atoms in total. The number of aryl methyl sites for hydroxylation is 2. The number of carbonyl (C=O) groups is 2. The first-order valence-corrected chi connectivity index (χ1v) is 8.90. The molecule has 146 valence electrons. The van der Waals surface area contributed by atoms with Gasteiger partial charge in [-0.2, -0.15) is 0 Å². The van der Waals surface area contributed by atoms with Gasteiger partial charge in [0.05, 0.1) is 5.69 Å². The summed E-state index contributed by atoms with van der Waals surface area (Å²) < 4.78 is 5.51. The molecule has 0 spiro atoms. The average molecular weight is 374 g/mol. The van der Waals surface area contributed by atoms with E-state index in [2.05, 4.69) is 10.3 Å². The van der Waals surface area contributed by atoms with Gasteiger partial charge in [-0.25, -0.2) is 4.98 Å². The fourth-order valence-electron chi connectivity index (χ4n) is 3.01. The van der Waals surface area contributed by atoms with E-state index in [9.17, 15) is 19.8 Å². The predicted octanol–water partition coefficient (Wildman–Crippen LogP) is 3.04. The molecule has 0 aliphatic heterocycles. The lowest BCUT2D eigenvalue weighted by atomic mass is 10.0. The van der Waals surface area contributed by atoms with Gasteiger partial charge in [0, 0.05) is 12.0 Å². The Hall–Kier alpha value is -2.67. The maximum atomic E-state index is 11.6. The van der Waals surface area contributed by atoms with Crippen LogP contribution in [0.4, 0.5) is 0 Å². The second-order valence-electron chi connectivity index (χ2n) is 7.30. The number of aliphatic carboxylic acids is 2. The Bertz CT molecular complexity index is 792. The standard InChI is InChI=1S/C20H26N2O5/c1-11(2)5-16(19(23)24)22-17(20(25)26)9-15-10-27-18(21-15)14-7-12(3)6-13(4)8-14/h6-8,10-11,16-17,22H,5,9H2,1-4H3,(H,23,24)(H,25,26)/t16?,17-/m0/s1. The van der Waals surface area contributed by atoms with Gasteiger partial charge in [-0.05, 0) is 38.3 Å². The van der Waals surface area contributed by atoms with Gasteiger partial charge >= 0.3 is 11.9 Å². The second-order valence-corrected chi connectivity index (χ2v) is 7.30. The number of nitrogens with one attached hydrogen (secondary N) is 1. The van der Waals surface area contributed by atoms with Crippen molar-refractivity contribution in [2.45, 2.75) is 52.6 Å². The molecule has 0 aliphatic rings. The molecule has 0 saturated heterocycles. The molecular weight excluding hydrogens is 348 g/mol. The van der Waals surface area contributed by atoms with Crippen LogP contribution in [0.25, 0.3) is 11.5 Å². The van der Waals surface area contributed by atoms with Crippen molar-refractivity contribution in [3.8, 4) is 11.5 Å². The summed E-state index contributed by atoms with van der Waals surface area (Å²) in [6.45, 7) is 7.74. The summed E-state index contributed by atoms with van der Waals surface area (Å²) in [6, 6.07) is 3.93. The summed E-state index contributed by atoms with van der Waals surface area (Å²) in [7, 11) is 0. The third kappa shape index (κ3) is 5.92. The van der Waals surface area contributed by atoms with Crippen molar-refractivity contribution < 1.29 is 24.2 Å². The molecule has 1 heterocycles. The zero-order valence-corrected chi connectivity index (χ0v) is 16.0. The number of hydrogen-bond acceptors (Lipinski definition) is 5. The first-order valence-electron chi connectivity index (χ1n) is 8.90. The lowest BCUT2D eigenvalue weighted by Gasteiger charge is -2.21. The molecule has 27 heavy (non-hydrogen) atoms. The number of carboxylic acid groups (broad SMARTS) is 2. The number of nitrogens with zero attached hydrogens (tertiary/aromatic N) is 1. The molecule has 1 aromatic carbocycles. The molecule has 1 aromatic heterocycles. The first-order chi connectivity index (χ1) is 12.7. The Morgan fingerprint density at radius 1 is 1.07 bits per heavy atom. The Morgan fingerprint density at radius 3 is 2.19 bits per heavy atom.